The van der Waals surface area contributed by atoms with E-state index in [2.05, 4.69) is 5.32 Å². The molecular formula is C17H21NO3. The van der Waals surface area contributed by atoms with Crippen molar-refractivity contribution in [3.8, 4) is 0 Å². The summed E-state index contributed by atoms with van der Waals surface area (Å²) < 4.78 is 10.6. The SMILES string of the molecule is CC(CNC(C)c1ccco1)C(=O)OCc1ccccc1. The van der Waals surface area contributed by atoms with E-state index in [1.54, 1.807) is 6.26 Å². The van der Waals surface area contributed by atoms with Gasteiger partial charge in [0, 0.05) is 6.54 Å². The van der Waals surface area contributed by atoms with Crippen LogP contribution in [0.25, 0.3) is 0 Å². The standard InChI is InChI=1S/C17H21NO3/c1-13(11-18-14(2)16-9-6-10-20-16)17(19)21-12-15-7-4-3-5-8-15/h3-10,13-14,18H,11-12H2,1-2H3. The van der Waals surface area contributed by atoms with Crippen LogP contribution in [0.5, 0.6) is 0 Å². The molecule has 0 aliphatic heterocycles. The summed E-state index contributed by atoms with van der Waals surface area (Å²) in [5.74, 6) is 0.462. The van der Waals surface area contributed by atoms with Crippen molar-refractivity contribution in [2.75, 3.05) is 6.54 Å². The smallest absolute Gasteiger partial charge is 0.310 e. The zero-order chi connectivity index (χ0) is 15.1. The number of esters is 1. The molecule has 0 saturated carbocycles. The molecule has 2 rings (SSSR count). The fraction of sp³-hybridized carbons (Fsp3) is 0.353. The number of hydrogen-bond donors (Lipinski definition) is 1. The van der Waals surface area contributed by atoms with Gasteiger partial charge in [-0.1, -0.05) is 37.3 Å². The Morgan fingerprint density at radius 1 is 1.19 bits per heavy atom. The van der Waals surface area contributed by atoms with Gasteiger partial charge in [-0.15, -0.1) is 0 Å². The van der Waals surface area contributed by atoms with Gasteiger partial charge in [0.1, 0.15) is 12.4 Å². The van der Waals surface area contributed by atoms with Crippen LogP contribution >= 0.6 is 0 Å². The molecule has 0 bridgehead atoms. The molecule has 1 aromatic carbocycles. The number of ether oxygens (including phenoxy) is 1. The second-order valence-corrected chi connectivity index (χ2v) is 5.14. The highest BCUT2D eigenvalue weighted by molar-refractivity contribution is 5.72. The van der Waals surface area contributed by atoms with Gasteiger partial charge in [-0.3, -0.25) is 4.79 Å². The van der Waals surface area contributed by atoms with E-state index in [0.29, 0.717) is 13.2 Å². The maximum Gasteiger partial charge on any atom is 0.310 e. The Balaban J connectivity index is 1.72. The predicted octanol–water partition coefficient (Wildman–Crippen LogP) is 3.31. The molecule has 21 heavy (non-hydrogen) atoms. The zero-order valence-corrected chi connectivity index (χ0v) is 12.4. The molecule has 2 aromatic rings. The van der Waals surface area contributed by atoms with E-state index in [-0.39, 0.29) is 17.9 Å². The summed E-state index contributed by atoms with van der Waals surface area (Å²) >= 11 is 0. The summed E-state index contributed by atoms with van der Waals surface area (Å²) in [6, 6.07) is 13.5. The molecule has 112 valence electrons. The summed E-state index contributed by atoms with van der Waals surface area (Å²) in [7, 11) is 0. The number of furan rings is 1. The van der Waals surface area contributed by atoms with Gasteiger partial charge in [-0.05, 0) is 24.6 Å². The maximum atomic E-state index is 11.9. The van der Waals surface area contributed by atoms with Crippen LogP contribution in [0.15, 0.2) is 53.1 Å². The lowest BCUT2D eigenvalue weighted by molar-refractivity contribution is -0.149. The highest BCUT2D eigenvalue weighted by Gasteiger charge is 2.16. The number of nitrogens with one attached hydrogen (secondary N) is 1. The number of carbonyl (C=O) groups is 1. The van der Waals surface area contributed by atoms with Crippen molar-refractivity contribution < 1.29 is 13.9 Å². The Hall–Kier alpha value is -2.07. The summed E-state index contributed by atoms with van der Waals surface area (Å²) in [5.41, 5.74) is 0.995. The number of carbonyl (C=O) groups excluding carboxylic acids is 1. The van der Waals surface area contributed by atoms with E-state index in [0.717, 1.165) is 11.3 Å². The number of hydrogen-bond acceptors (Lipinski definition) is 4. The molecule has 4 heteroatoms. The Morgan fingerprint density at radius 3 is 2.62 bits per heavy atom. The molecule has 0 spiro atoms. The van der Waals surface area contributed by atoms with E-state index in [1.807, 2.05) is 56.3 Å². The highest BCUT2D eigenvalue weighted by Crippen LogP contribution is 2.13. The number of rotatable bonds is 7. The van der Waals surface area contributed by atoms with Crippen molar-refractivity contribution in [2.24, 2.45) is 5.92 Å². The van der Waals surface area contributed by atoms with Crippen LogP contribution in [-0.4, -0.2) is 12.5 Å². The number of benzene rings is 1. The van der Waals surface area contributed by atoms with Crippen LogP contribution in [-0.2, 0) is 16.1 Å². The van der Waals surface area contributed by atoms with Gasteiger partial charge in [-0.25, -0.2) is 0 Å². The van der Waals surface area contributed by atoms with Crippen molar-refractivity contribution in [2.45, 2.75) is 26.5 Å². The summed E-state index contributed by atoms with van der Waals surface area (Å²) in [6.45, 7) is 4.73. The van der Waals surface area contributed by atoms with Crippen LogP contribution < -0.4 is 5.32 Å². The topological polar surface area (TPSA) is 51.5 Å². The van der Waals surface area contributed by atoms with Gasteiger partial charge in [0.25, 0.3) is 0 Å². The quantitative estimate of drug-likeness (QED) is 0.794. The van der Waals surface area contributed by atoms with Crippen LogP contribution in [0.3, 0.4) is 0 Å². The molecule has 2 unspecified atom stereocenters. The minimum atomic E-state index is -0.203. The molecule has 1 N–H and O–H groups in total. The lowest BCUT2D eigenvalue weighted by Gasteiger charge is -2.15. The first-order valence-electron chi connectivity index (χ1n) is 7.14. The second-order valence-electron chi connectivity index (χ2n) is 5.14. The van der Waals surface area contributed by atoms with E-state index in [1.165, 1.54) is 0 Å². The lowest BCUT2D eigenvalue weighted by atomic mass is 10.1. The third-order valence-electron chi connectivity index (χ3n) is 3.33. The van der Waals surface area contributed by atoms with Gasteiger partial charge in [0.2, 0.25) is 0 Å². The van der Waals surface area contributed by atoms with E-state index >= 15 is 0 Å². The highest BCUT2D eigenvalue weighted by atomic mass is 16.5. The summed E-state index contributed by atoms with van der Waals surface area (Å²) in [5, 5.41) is 3.27. The molecule has 0 amide bonds. The molecule has 0 aliphatic rings. The van der Waals surface area contributed by atoms with Gasteiger partial charge < -0.3 is 14.5 Å². The van der Waals surface area contributed by atoms with Crippen molar-refractivity contribution >= 4 is 5.97 Å². The van der Waals surface area contributed by atoms with Gasteiger partial charge >= 0.3 is 5.97 Å². The molecule has 4 nitrogen and oxygen atoms in total. The molecule has 0 fully saturated rings. The molecule has 1 heterocycles. The fourth-order valence-electron chi connectivity index (χ4n) is 1.95. The van der Waals surface area contributed by atoms with E-state index in [9.17, 15) is 4.79 Å². The lowest BCUT2D eigenvalue weighted by Crippen LogP contribution is -2.29. The molecule has 1 aromatic heterocycles. The van der Waals surface area contributed by atoms with E-state index in [4.69, 9.17) is 9.15 Å². The van der Waals surface area contributed by atoms with Gasteiger partial charge in [0.15, 0.2) is 0 Å². The first kappa shape index (κ1) is 15.3. The van der Waals surface area contributed by atoms with Crippen molar-refractivity contribution in [3.63, 3.8) is 0 Å². The Kier molecular flexibility index (Phi) is 5.58. The minimum Gasteiger partial charge on any atom is -0.468 e. The zero-order valence-electron chi connectivity index (χ0n) is 12.4. The molecule has 2 atom stereocenters. The molecule has 0 radical (unpaired) electrons. The van der Waals surface area contributed by atoms with Crippen LogP contribution in [0.4, 0.5) is 0 Å². The average molecular weight is 287 g/mol. The third kappa shape index (κ3) is 4.76. The Bertz CT molecular complexity index is 536. The normalized spacial score (nSPS) is 13.6. The molecular weight excluding hydrogens is 266 g/mol. The first-order chi connectivity index (χ1) is 10.2. The average Bonchev–Trinajstić information content (AvgIpc) is 3.05. The molecule has 0 saturated heterocycles. The predicted molar refractivity (Wildman–Crippen MR) is 80.5 cm³/mol. The van der Waals surface area contributed by atoms with Crippen molar-refractivity contribution in [1.29, 1.82) is 0 Å². The largest absolute Gasteiger partial charge is 0.468 e. The van der Waals surface area contributed by atoms with Crippen molar-refractivity contribution in [1.82, 2.24) is 5.32 Å². The maximum absolute atomic E-state index is 11.9. The second kappa shape index (κ2) is 7.64. The van der Waals surface area contributed by atoms with Gasteiger partial charge in [-0.2, -0.15) is 0 Å². The van der Waals surface area contributed by atoms with Crippen LogP contribution in [0, 0.1) is 5.92 Å². The van der Waals surface area contributed by atoms with E-state index < -0.39 is 0 Å². The summed E-state index contributed by atoms with van der Waals surface area (Å²) in [6.07, 6.45) is 1.64. The van der Waals surface area contributed by atoms with Gasteiger partial charge in [0.05, 0.1) is 18.2 Å². The first-order valence-corrected chi connectivity index (χ1v) is 7.14. The minimum absolute atomic E-state index is 0.0735. The monoisotopic (exact) mass is 287 g/mol. The fourth-order valence-corrected chi connectivity index (χ4v) is 1.95. The molecule has 0 aliphatic carbocycles. The van der Waals surface area contributed by atoms with Crippen LogP contribution in [0.2, 0.25) is 0 Å². The Labute approximate surface area is 125 Å². The third-order valence-corrected chi connectivity index (χ3v) is 3.33. The van der Waals surface area contributed by atoms with Crippen molar-refractivity contribution in [3.05, 3.63) is 60.1 Å². The Morgan fingerprint density at radius 2 is 1.95 bits per heavy atom. The van der Waals surface area contributed by atoms with Crippen LogP contribution in [0.1, 0.15) is 31.2 Å². The summed E-state index contributed by atoms with van der Waals surface area (Å²) in [4.78, 5) is 11.9.